The average Bonchev–Trinajstić information content (AvgIpc) is 2.06. The lowest BCUT2D eigenvalue weighted by molar-refractivity contribution is -0.114. The fourth-order valence-electron chi connectivity index (χ4n) is 0.235. The molecule has 0 aliphatic heterocycles. The number of nitrogens with two attached hydrogens (primary N) is 1. The van der Waals surface area contributed by atoms with Crippen molar-refractivity contribution in [2.75, 3.05) is 13.2 Å². The summed E-state index contributed by atoms with van der Waals surface area (Å²) in [5.41, 5.74) is 5.09. The summed E-state index contributed by atoms with van der Waals surface area (Å²) in [6, 6.07) is 0. The van der Waals surface area contributed by atoms with Gasteiger partial charge in [-0.15, -0.1) is 13.2 Å². The van der Waals surface area contributed by atoms with Crippen molar-refractivity contribution in [3.05, 3.63) is 37.5 Å². The smallest absolute Gasteiger partial charge is 0.243 e. The lowest BCUT2D eigenvalue weighted by atomic mass is 10.3. The van der Waals surface area contributed by atoms with Crippen LogP contribution < -0.4 is 5.73 Å². The summed E-state index contributed by atoms with van der Waals surface area (Å²) in [5.74, 6) is -0.435. The van der Waals surface area contributed by atoms with Crippen LogP contribution in [0.25, 0.3) is 0 Å². The van der Waals surface area contributed by atoms with E-state index in [1.54, 1.807) is 19.1 Å². The molecule has 1 amide bonds. The molecule has 0 fully saturated rings. The molecule has 0 heterocycles. The highest BCUT2D eigenvalue weighted by molar-refractivity contribution is 5.90. The Morgan fingerprint density at radius 1 is 1.38 bits per heavy atom. The number of rotatable bonds is 5. The van der Waals surface area contributed by atoms with Crippen LogP contribution >= 0.6 is 0 Å². The van der Waals surface area contributed by atoms with E-state index in [-0.39, 0.29) is 0 Å². The lowest BCUT2D eigenvalue weighted by Crippen LogP contribution is -2.10. The van der Waals surface area contributed by atoms with Crippen LogP contribution in [0.3, 0.4) is 0 Å². The zero-order valence-corrected chi connectivity index (χ0v) is 8.08. The van der Waals surface area contributed by atoms with Crippen molar-refractivity contribution in [2.24, 2.45) is 5.73 Å². The number of hydrogen-bond acceptors (Lipinski definition) is 2. The van der Waals surface area contributed by atoms with Crippen LogP contribution in [-0.2, 0) is 9.53 Å². The number of carbonyl (C=O) groups excluding carboxylic acids is 1. The minimum Gasteiger partial charge on any atom is -0.373 e. The number of primary amides is 1. The molecule has 0 atom stereocenters. The maximum atomic E-state index is 9.82. The molecule has 0 aromatic rings. The number of hydrogen-bond donors (Lipinski definition) is 1. The summed E-state index contributed by atoms with van der Waals surface area (Å²) < 4.78 is 4.90. The Labute approximate surface area is 79.6 Å². The van der Waals surface area contributed by atoms with Gasteiger partial charge in [-0.2, -0.15) is 0 Å². The van der Waals surface area contributed by atoms with Gasteiger partial charge in [-0.1, -0.05) is 18.7 Å². The van der Waals surface area contributed by atoms with Crippen molar-refractivity contribution >= 4 is 5.91 Å². The Morgan fingerprint density at radius 2 is 1.69 bits per heavy atom. The van der Waals surface area contributed by atoms with Crippen LogP contribution in [0, 0.1) is 0 Å². The molecule has 0 saturated carbocycles. The molecular formula is C10H17NO2. The summed E-state index contributed by atoms with van der Waals surface area (Å²) in [7, 11) is 0. The number of amides is 1. The molecule has 3 nitrogen and oxygen atoms in total. The summed E-state index contributed by atoms with van der Waals surface area (Å²) >= 11 is 0. The molecule has 74 valence electrons. The van der Waals surface area contributed by atoms with Crippen LogP contribution in [0.2, 0.25) is 0 Å². The molecule has 0 saturated heterocycles. The molecule has 13 heavy (non-hydrogen) atoms. The van der Waals surface area contributed by atoms with Crippen molar-refractivity contribution in [2.45, 2.75) is 6.92 Å². The quantitative estimate of drug-likeness (QED) is 0.398. The first-order valence-electron chi connectivity index (χ1n) is 3.81. The van der Waals surface area contributed by atoms with Gasteiger partial charge in [0, 0.05) is 5.57 Å². The maximum Gasteiger partial charge on any atom is 0.243 e. The molecule has 0 radical (unpaired) electrons. The molecule has 0 aromatic carbocycles. The first-order valence-corrected chi connectivity index (χ1v) is 3.81. The van der Waals surface area contributed by atoms with Crippen molar-refractivity contribution in [1.82, 2.24) is 0 Å². The van der Waals surface area contributed by atoms with E-state index >= 15 is 0 Å². The molecule has 0 aromatic heterocycles. The second-order valence-electron chi connectivity index (χ2n) is 2.26. The molecule has 0 rings (SSSR count). The monoisotopic (exact) mass is 183 g/mol. The summed E-state index contributed by atoms with van der Waals surface area (Å²) in [5, 5.41) is 0. The lowest BCUT2D eigenvalue weighted by Gasteiger charge is -1.89. The second kappa shape index (κ2) is 10.7. The molecule has 0 bridgehead atoms. The van der Waals surface area contributed by atoms with Crippen molar-refractivity contribution in [3.8, 4) is 0 Å². The Balaban J connectivity index is 0. The van der Waals surface area contributed by atoms with Gasteiger partial charge in [-0.3, -0.25) is 4.79 Å². The van der Waals surface area contributed by atoms with Gasteiger partial charge in [-0.05, 0) is 6.92 Å². The average molecular weight is 183 g/mol. The predicted octanol–water partition coefficient (Wildman–Crippen LogP) is 1.42. The van der Waals surface area contributed by atoms with Crippen molar-refractivity contribution in [3.63, 3.8) is 0 Å². The van der Waals surface area contributed by atoms with E-state index in [1.165, 1.54) is 0 Å². The van der Waals surface area contributed by atoms with Crippen molar-refractivity contribution < 1.29 is 9.53 Å². The van der Waals surface area contributed by atoms with E-state index in [1.807, 2.05) is 0 Å². The number of carbonyl (C=O) groups is 1. The minimum absolute atomic E-state index is 0.398. The van der Waals surface area contributed by atoms with Gasteiger partial charge in [0.25, 0.3) is 0 Å². The summed E-state index contributed by atoms with van der Waals surface area (Å²) in [4.78, 5) is 9.82. The third-order valence-electron chi connectivity index (χ3n) is 0.892. The highest BCUT2D eigenvalue weighted by Crippen LogP contribution is 1.78. The molecule has 0 unspecified atom stereocenters. The van der Waals surface area contributed by atoms with Gasteiger partial charge >= 0.3 is 0 Å². The van der Waals surface area contributed by atoms with E-state index in [4.69, 9.17) is 10.5 Å². The highest BCUT2D eigenvalue weighted by atomic mass is 16.5. The van der Waals surface area contributed by atoms with Crippen LogP contribution in [0.1, 0.15) is 6.92 Å². The van der Waals surface area contributed by atoms with Gasteiger partial charge in [0.15, 0.2) is 0 Å². The SMILES string of the molecule is C=C(C)C(N)=O.C=CCOCC=C. The number of ether oxygens (including phenoxy) is 1. The molecule has 3 heteroatoms. The van der Waals surface area contributed by atoms with E-state index in [2.05, 4.69) is 19.7 Å². The summed E-state index contributed by atoms with van der Waals surface area (Å²) in [6.07, 6.45) is 3.42. The Bertz CT molecular complexity index is 165. The largest absolute Gasteiger partial charge is 0.373 e. The van der Waals surface area contributed by atoms with Gasteiger partial charge < -0.3 is 10.5 Å². The minimum atomic E-state index is -0.435. The fraction of sp³-hybridized carbons (Fsp3) is 0.300. The highest BCUT2D eigenvalue weighted by Gasteiger charge is 1.86. The van der Waals surface area contributed by atoms with Gasteiger partial charge in [0.1, 0.15) is 0 Å². The maximum absolute atomic E-state index is 9.82. The van der Waals surface area contributed by atoms with E-state index in [9.17, 15) is 4.79 Å². The zero-order valence-electron chi connectivity index (χ0n) is 8.08. The predicted molar refractivity (Wildman–Crippen MR) is 55.2 cm³/mol. The van der Waals surface area contributed by atoms with Gasteiger partial charge in [-0.25, -0.2) is 0 Å². The molecule has 0 aliphatic carbocycles. The first kappa shape index (κ1) is 14.2. The molecule has 0 spiro atoms. The van der Waals surface area contributed by atoms with Gasteiger partial charge in [0.2, 0.25) is 5.91 Å². The first-order chi connectivity index (χ1) is 6.06. The van der Waals surface area contributed by atoms with Crippen LogP contribution in [0.4, 0.5) is 0 Å². The Morgan fingerprint density at radius 3 is 1.85 bits per heavy atom. The molecular weight excluding hydrogens is 166 g/mol. The van der Waals surface area contributed by atoms with E-state index < -0.39 is 5.91 Å². The second-order valence-corrected chi connectivity index (χ2v) is 2.26. The van der Waals surface area contributed by atoms with Crippen molar-refractivity contribution in [1.29, 1.82) is 0 Å². The topological polar surface area (TPSA) is 52.3 Å². The Kier molecular flexibility index (Phi) is 11.6. The van der Waals surface area contributed by atoms with Crippen LogP contribution in [-0.4, -0.2) is 19.1 Å². The Hall–Kier alpha value is -1.35. The third-order valence-corrected chi connectivity index (χ3v) is 0.892. The van der Waals surface area contributed by atoms with Crippen LogP contribution in [0.15, 0.2) is 37.5 Å². The van der Waals surface area contributed by atoms with E-state index in [0.29, 0.717) is 18.8 Å². The van der Waals surface area contributed by atoms with E-state index in [0.717, 1.165) is 0 Å². The fourth-order valence-corrected chi connectivity index (χ4v) is 0.235. The standard InChI is InChI=1S/C6H10O.C4H7NO/c1-3-5-7-6-4-2;1-3(2)4(5)6/h3-4H,1-2,5-6H2;1H2,2H3,(H2,5,6). The summed E-state index contributed by atoms with van der Waals surface area (Å²) in [6.45, 7) is 13.0. The van der Waals surface area contributed by atoms with Gasteiger partial charge in [0.05, 0.1) is 13.2 Å². The van der Waals surface area contributed by atoms with Crippen LogP contribution in [0.5, 0.6) is 0 Å². The zero-order chi connectivity index (χ0) is 10.7. The molecule has 2 N–H and O–H groups in total. The molecule has 0 aliphatic rings. The normalized spacial score (nSPS) is 7.77. The third kappa shape index (κ3) is 18.0.